The third kappa shape index (κ3) is 4.02. The lowest BCUT2D eigenvalue weighted by molar-refractivity contribution is -0.124. The fourth-order valence-electron chi connectivity index (χ4n) is 2.95. The van der Waals surface area contributed by atoms with Crippen molar-refractivity contribution < 1.29 is 23.5 Å². The van der Waals surface area contributed by atoms with Gasteiger partial charge in [-0.05, 0) is 42.0 Å². The highest BCUT2D eigenvalue weighted by atomic mass is 32.1. The number of ether oxygens (including phenoxy) is 1. The molecule has 0 saturated heterocycles. The van der Waals surface area contributed by atoms with Crippen LogP contribution >= 0.6 is 11.3 Å². The largest absolute Gasteiger partial charge is 0.451 e. The molecular formula is C21H15FN2O4S. The number of rotatable bonds is 4. The molecule has 6 nitrogen and oxygen atoms in total. The lowest BCUT2D eigenvalue weighted by atomic mass is 10.2. The van der Waals surface area contributed by atoms with E-state index in [0.29, 0.717) is 16.3 Å². The van der Waals surface area contributed by atoms with Gasteiger partial charge in [0.15, 0.2) is 6.61 Å². The zero-order chi connectivity index (χ0) is 20.4. The Morgan fingerprint density at radius 1 is 1.07 bits per heavy atom. The van der Waals surface area contributed by atoms with E-state index in [1.807, 2.05) is 0 Å². The lowest BCUT2D eigenvalue weighted by Crippen LogP contribution is -2.44. The van der Waals surface area contributed by atoms with Gasteiger partial charge in [-0.15, -0.1) is 11.3 Å². The van der Waals surface area contributed by atoms with Crippen molar-refractivity contribution in [3.8, 4) is 10.4 Å². The number of anilines is 2. The van der Waals surface area contributed by atoms with Crippen molar-refractivity contribution >= 4 is 40.5 Å². The molecule has 1 aliphatic heterocycles. The van der Waals surface area contributed by atoms with Gasteiger partial charge in [-0.2, -0.15) is 0 Å². The van der Waals surface area contributed by atoms with Gasteiger partial charge in [-0.25, -0.2) is 9.18 Å². The maximum Gasteiger partial charge on any atom is 0.348 e. The first-order chi connectivity index (χ1) is 14.0. The van der Waals surface area contributed by atoms with Crippen LogP contribution in [0.2, 0.25) is 0 Å². The predicted molar refractivity (Wildman–Crippen MR) is 107 cm³/mol. The van der Waals surface area contributed by atoms with E-state index < -0.39 is 18.5 Å². The maximum atomic E-state index is 13.1. The third-order valence-corrected chi connectivity index (χ3v) is 5.45. The summed E-state index contributed by atoms with van der Waals surface area (Å²) in [5.74, 6) is -1.77. The van der Waals surface area contributed by atoms with Crippen LogP contribution < -0.4 is 10.2 Å². The molecule has 0 radical (unpaired) electrons. The van der Waals surface area contributed by atoms with Crippen molar-refractivity contribution in [1.29, 1.82) is 0 Å². The highest BCUT2D eigenvalue weighted by molar-refractivity contribution is 7.17. The number of amides is 2. The van der Waals surface area contributed by atoms with E-state index >= 15 is 0 Å². The average Bonchev–Trinajstić information content (AvgIpc) is 3.22. The Kier molecular flexibility index (Phi) is 5.09. The van der Waals surface area contributed by atoms with E-state index in [1.165, 1.54) is 28.4 Å². The predicted octanol–water partition coefficient (Wildman–Crippen LogP) is 3.70. The van der Waals surface area contributed by atoms with Crippen LogP contribution in [0.1, 0.15) is 9.67 Å². The first kappa shape index (κ1) is 18.8. The number of benzene rings is 2. The number of nitrogens with one attached hydrogen (secondary N) is 1. The molecule has 2 heterocycles. The van der Waals surface area contributed by atoms with Gasteiger partial charge in [0.1, 0.15) is 17.2 Å². The monoisotopic (exact) mass is 410 g/mol. The van der Waals surface area contributed by atoms with Gasteiger partial charge in [-0.3, -0.25) is 14.5 Å². The molecule has 29 heavy (non-hydrogen) atoms. The summed E-state index contributed by atoms with van der Waals surface area (Å²) in [5, 5.41) is 2.69. The summed E-state index contributed by atoms with van der Waals surface area (Å²) in [6.45, 7) is -0.620. The highest BCUT2D eigenvalue weighted by Crippen LogP contribution is 2.30. The summed E-state index contributed by atoms with van der Waals surface area (Å²) in [7, 11) is 0. The van der Waals surface area contributed by atoms with Crippen LogP contribution in [-0.2, 0) is 14.3 Å². The van der Waals surface area contributed by atoms with Gasteiger partial charge in [-0.1, -0.05) is 24.3 Å². The normalized spacial score (nSPS) is 12.9. The number of carbonyl (C=O) groups excluding carboxylic acids is 3. The molecule has 2 aromatic carbocycles. The molecular weight excluding hydrogens is 395 g/mol. The number of para-hydroxylation sites is 2. The number of fused-ring (bicyclic) bond motifs is 1. The minimum atomic E-state index is -0.633. The second-order valence-corrected chi connectivity index (χ2v) is 7.38. The van der Waals surface area contributed by atoms with Gasteiger partial charge in [0, 0.05) is 4.88 Å². The van der Waals surface area contributed by atoms with Crippen molar-refractivity contribution in [2.45, 2.75) is 0 Å². The molecule has 1 aromatic heterocycles. The molecule has 0 saturated carbocycles. The lowest BCUT2D eigenvalue weighted by Gasteiger charge is -2.28. The minimum absolute atomic E-state index is 0.138. The molecule has 3 aromatic rings. The first-order valence-corrected chi connectivity index (χ1v) is 9.55. The number of nitrogens with zero attached hydrogens (tertiary/aromatic N) is 1. The van der Waals surface area contributed by atoms with Gasteiger partial charge >= 0.3 is 5.97 Å². The zero-order valence-electron chi connectivity index (χ0n) is 15.1. The highest BCUT2D eigenvalue weighted by Gasteiger charge is 2.27. The molecule has 4 rings (SSSR count). The number of thiophene rings is 1. The number of hydrogen-bond acceptors (Lipinski definition) is 5. The minimum Gasteiger partial charge on any atom is -0.451 e. The molecule has 1 N–H and O–H groups in total. The van der Waals surface area contributed by atoms with Gasteiger partial charge in [0.05, 0.1) is 11.4 Å². The first-order valence-electron chi connectivity index (χ1n) is 8.73. The Balaban J connectivity index is 1.42. The summed E-state index contributed by atoms with van der Waals surface area (Å²) in [6.07, 6.45) is 0. The summed E-state index contributed by atoms with van der Waals surface area (Å²) in [6, 6.07) is 16.2. The molecule has 0 bridgehead atoms. The number of carbonyl (C=O) groups is 3. The molecule has 2 amide bonds. The molecule has 0 unspecified atom stereocenters. The number of esters is 1. The smallest absolute Gasteiger partial charge is 0.348 e. The topological polar surface area (TPSA) is 75.7 Å². The van der Waals surface area contributed by atoms with Crippen molar-refractivity contribution in [2.24, 2.45) is 0 Å². The second-order valence-electron chi connectivity index (χ2n) is 6.29. The summed E-state index contributed by atoms with van der Waals surface area (Å²) in [4.78, 5) is 39.1. The molecule has 0 spiro atoms. The van der Waals surface area contributed by atoms with E-state index in [2.05, 4.69) is 5.32 Å². The number of hydrogen-bond donors (Lipinski definition) is 1. The Morgan fingerprint density at radius 2 is 1.83 bits per heavy atom. The molecule has 8 heteroatoms. The van der Waals surface area contributed by atoms with Crippen LogP contribution in [0, 0.1) is 5.82 Å². The van der Waals surface area contributed by atoms with Crippen LogP contribution in [-0.4, -0.2) is 30.9 Å². The summed E-state index contributed by atoms with van der Waals surface area (Å²) in [5.41, 5.74) is 1.87. The Hall–Kier alpha value is -3.52. The SMILES string of the molecule is O=C1CN(C(=O)COC(=O)c2ccc(-c3ccc(F)cc3)s2)c2ccccc2N1. The van der Waals surface area contributed by atoms with Crippen LogP contribution in [0.25, 0.3) is 10.4 Å². The Labute approximate surface area is 169 Å². The van der Waals surface area contributed by atoms with Crippen LogP contribution in [0.4, 0.5) is 15.8 Å². The number of halogens is 1. The van der Waals surface area contributed by atoms with Crippen LogP contribution in [0.5, 0.6) is 0 Å². The zero-order valence-corrected chi connectivity index (χ0v) is 15.9. The van der Waals surface area contributed by atoms with E-state index in [0.717, 1.165) is 10.4 Å². The fourth-order valence-corrected chi connectivity index (χ4v) is 3.85. The van der Waals surface area contributed by atoms with Crippen molar-refractivity contribution in [3.63, 3.8) is 0 Å². The standard InChI is InChI=1S/C21H15FN2O4S/c22-14-7-5-13(6-8-14)17-9-10-18(29-17)21(27)28-12-20(26)24-11-19(25)23-15-3-1-2-4-16(15)24/h1-10H,11-12H2,(H,23,25). The van der Waals surface area contributed by atoms with E-state index in [9.17, 15) is 18.8 Å². The Bertz CT molecular complexity index is 1090. The summed E-state index contributed by atoms with van der Waals surface area (Å²) >= 11 is 1.19. The maximum absolute atomic E-state index is 13.1. The Morgan fingerprint density at radius 3 is 2.62 bits per heavy atom. The molecule has 0 fully saturated rings. The van der Waals surface area contributed by atoms with Gasteiger partial charge in [0.25, 0.3) is 5.91 Å². The van der Waals surface area contributed by atoms with Crippen LogP contribution in [0.3, 0.4) is 0 Å². The van der Waals surface area contributed by atoms with Crippen LogP contribution in [0.15, 0.2) is 60.7 Å². The second kappa shape index (κ2) is 7.84. The molecule has 1 aliphatic rings. The average molecular weight is 410 g/mol. The molecule has 146 valence electrons. The summed E-state index contributed by atoms with van der Waals surface area (Å²) < 4.78 is 18.2. The van der Waals surface area contributed by atoms with E-state index in [-0.39, 0.29) is 18.3 Å². The fraction of sp³-hybridized carbons (Fsp3) is 0.0952. The van der Waals surface area contributed by atoms with E-state index in [1.54, 1.807) is 48.5 Å². The molecule has 0 aliphatic carbocycles. The molecule has 0 atom stereocenters. The van der Waals surface area contributed by atoms with E-state index in [4.69, 9.17) is 4.74 Å². The van der Waals surface area contributed by atoms with Crippen molar-refractivity contribution in [3.05, 3.63) is 71.4 Å². The van der Waals surface area contributed by atoms with Crippen molar-refractivity contribution in [2.75, 3.05) is 23.4 Å². The van der Waals surface area contributed by atoms with Crippen molar-refractivity contribution in [1.82, 2.24) is 0 Å². The van der Waals surface area contributed by atoms with Gasteiger partial charge in [0.2, 0.25) is 5.91 Å². The van der Waals surface area contributed by atoms with Gasteiger partial charge < -0.3 is 10.1 Å². The third-order valence-electron chi connectivity index (χ3n) is 4.33. The quantitative estimate of drug-likeness (QED) is 0.666.